The fourth-order valence-electron chi connectivity index (χ4n) is 5.11. The normalized spacial score (nSPS) is 24.0. The van der Waals surface area contributed by atoms with Crippen LogP contribution in [0.4, 0.5) is 4.39 Å². The lowest BCUT2D eigenvalue weighted by Gasteiger charge is -2.28. The first-order valence-corrected chi connectivity index (χ1v) is 11.6. The zero-order valence-corrected chi connectivity index (χ0v) is 18.0. The second kappa shape index (κ2) is 9.23. The summed E-state index contributed by atoms with van der Waals surface area (Å²) in [7, 11) is 0. The Kier molecular flexibility index (Phi) is 6.21. The Bertz CT molecular complexity index is 1010. The molecule has 1 aliphatic carbocycles. The Morgan fingerprint density at radius 1 is 1.19 bits per heavy atom. The predicted molar refractivity (Wildman–Crippen MR) is 116 cm³/mol. The third-order valence-corrected chi connectivity index (χ3v) is 6.67. The molecule has 0 aromatic heterocycles. The maximum absolute atomic E-state index is 15.1. The van der Waals surface area contributed by atoms with Crippen LogP contribution >= 0.6 is 0 Å². The smallest absolute Gasteiger partial charge is 0.162 e. The lowest BCUT2D eigenvalue weighted by Crippen LogP contribution is -2.34. The average molecular weight is 428 g/mol. The van der Waals surface area contributed by atoms with Gasteiger partial charge in [0.25, 0.3) is 0 Å². The van der Waals surface area contributed by atoms with E-state index < -0.39 is 6.29 Å². The van der Waals surface area contributed by atoms with Gasteiger partial charge >= 0.3 is 0 Å². The van der Waals surface area contributed by atoms with Crippen LogP contribution < -0.4 is 15.2 Å². The lowest BCUT2D eigenvalue weighted by atomic mass is 9.96. The van der Waals surface area contributed by atoms with E-state index in [0.29, 0.717) is 36.2 Å². The van der Waals surface area contributed by atoms with E-state index in [9.17, 15) is 4.79 Å². The molecule has 0 radical (unpaired) electrons. The van der Waals surface area contributed by atoms with Gasteiger partial charge < -0.3 is 19.1 Å². The number of ketones is 1. The van der Waals surface area contributed by atoms with E-state index in [1.807, 2.05) is 6.08 Å². The molecule has 2 saturated heterocycles. The first-order chi connectivity index (χ1) is 15.2. The van der Waals surface area contributed by atoms with Gasteiger partial charge in [-0.25, -0.2) is 4.39 Å². The summed E-state index contributed by atoms with van der Waals surface area (Å²) < 4.78 is 33.0. The number of benzene rings is 1. The summed E-state index contributed by atoms with van der Waals surface area (Å²) in [6, 6.07) is 1.53. The number of carbonyl (C=O) groups is 1. The van der Waals surface area contributed by atoms with Gasteiger partial charge in [-0.2, -0.15) is 0 Å². The number of halogens is 1. The van der Waals surface area contributed by atoms with Crippen LogP contribution in [-0.2, 0) is 20.7 Å². The molecule has 0 bridgehead atoms. The van der Waals surface area contributed by atoms with Gasteiger partial charge in [0.05, 0.1) is 19.8 Å². The van der Waals surface area contributed by atoms with Crippen LogP contribution in [0.1, 0.15) is 44.1 Å². The molecule has 4 aliphatic rings. The number of allylic oxidation sites excluding steroid dienone is 1. The summed E-state index contributed by atoms with van der Waals surface area (Å²) in [4.78, 5) is 15.1. The molecule has 2 fully saturated rings. The predicted octanol–water partition coefficient (Wildman–Crippen LogP) is 2.23. The molecular weight excluding hydrogens is 397 g/mol. The van der Waals surface area contributed by atoms with Gasteiger partial charge in [0.2, 0.25) is 0 Å². The highest BCUT2D eigenvalue weighted by Gasteiger charge is 2.29. The second-order valence-corrected chi connectivity index (χ2v) is 8.83. The summed E-state index contributed by atoms with van der Waals surface area (Å²) in [6.07, 6.45) is 9.72. The van der Waals surface area contributed by atoms with Crippen molar-refractivity contribution in [3.63, 3.8) is 0 Å². The average Bonchev–Trinajstić information content (AvgIpc) is 3.11. The minimum atomic E-state index is -0.401. The molecule has 0 N–H and O–H groups in total. The van der Waals surface area contributed by atoms with Gasteiger partial charge in [-0.3, -0.25) is 4.79 Å². The first-order valence-electron chi connectivity index (χ1n) is 11.6. The van der Waals surface area contributed by atoms with E-state index in [-0.39, 0.29) is 24.6 Å². The Hall–Kier alpha value is -2.02. The summed E-state index contributed by atoms with van der Waals surface area (Å²) in [6.45, 7) is 4.55. The zero-order chi connectivity index (χ0) is 21.2. The highest BCUT2D eigenvalue weighted by Crippen LogP contribution is 2.29. The van der Waals surface area contributed by atoms with E-state index in [2.05, 4.69) is 4.90 Å². The van der Waals surface area contributed by atoms with Crippen LogP contribution in [0.3, 0.4) is 0 Å². The van der Waals surface area contributed by atoms with Crippen LogP contribution in [0.25, 0.3) is 11.6 Å². The van der Waals surface area contributed by atoms with Gasteiger partial charge in [-0.1, -0.05) is 18.9 Å². The Morgan fingerprint density at radius 3 is 2.87 bits per heavy atom. The molecule has 5 nitrogen and oxygen atoms in total. The third kappa shape index (κ3) is 4.47. The molecule has 1 atom stereocenters. The van der Waals surface area contributed by atoms with Crippen LogP contribution in [-0.4, -0.2) is 56.4 Å². The van der Waals surface area contributed by atoms with Crippen molar-refractivity contribution in [1.29, 1.82) is 0 Å². The summed E-state index contributed by atoms with van der Waals surface area (Å²) in [5.41, 5.74) is 2.23. The molecular formula is C25H30FNO4. The maximum atomic E-state index is 15.1. The van der Waals surface area contributed by atoms with Crippen LogP contribution in [0.2, 0.25) is 0 Å². The molecule has 31 heavy (non-hydrogen) atoms. The van der Waals surface area contributed by atoms with Crippen molar-refractivity contribution < 1.29 is 23.4 Å². The molecule has 3 aliphatic heterocycles. The van der Waals surface area contributed by atoms with E-state index in [0.717, 1.165) is 42.4 Å². The Labute approximate surface area is 182 Å². The van der Waals surface area contributed by atoms with Crippen molar-refractivity contribution in [2.24, 2.45) is 0 Å². The molecule has 0 unspecified atom stereocenters. The fourth-order valence-corrected chi connectivity index (χ4v) is 5.11. The molecule has 166 valence electrons. The van der Waals surface area contributed by atoms with E-state index in [4.69, 9.17) is 14.2 Å². The largest absolute Gasteiger partial charge is 0.492 e. The van der Waals surface area contributed by atoms with Crippen molar-refractivity contribution >= 4 is 17.4 Å². The maximum Gasteiger partial charge on any atom is 0.162 e. The van der Waals surface area contributed by atoms with Crippen LogP contribution in [0.5, 0.6) is 5.75 Å². The van der Waals surface area contributed by atoms with E-state index in [1.54, 1.807) is 6.08 Å². The fraction of sp³-hybridized carbons (Fsp3) is 0.560. The number of likely N-dealkylation sites (tertiary alicyclic amines) is 1. The summed E-state index contributed by atoms with van der Waals surface area (Å²) >= 11 is 0. The van der Waals surface area contributed by atoms with Crippen molar-refractivity contribution in [2.45, 2.75) is 51.2 Å². The SMILES string of the molecule is O=C1C=C2C[C@@H](OCCN3CCCCCC3)OCC2=c2c(F)cc3c(c2C1)OCCC=3. The third-order valence-electron chi connectivity index (χ3n) is 6.67. The molecule has 5 rings (SSSR count). The molecule has 1 aromatic carbocycles. The number of fused-ring (bicyclic) bond motifs is 4. The molecule has 0 amide bonds. The van der Waals surface area contributed by atoms with Crippen molar-refractivity contribution in [3.8, 4) is 5.75 Å². The van der Waals surface area contributed by atoms with Gasteiger partial charge in [0, 0.05) is 41.8 Å². The van der Waals surface area contributed by atoms with Gasteiger partial charge in [0.15, 0.2) is 12.1 Å². The molecule has 0 saturated carbocycles. The minimum absolute atomic E-state index is 0.0292. The highest BCUT2D eigenvalue weighted by atomic mass is 19.1. The molecule has 1 aromatic rings. The molecule has 6 heteroatoms. The Balaban J connectivity index is 1.35. The van der Waals surface area contributed by atoms with Gasteiger partial charge in [-0.15, -0.1) is 0 Å². The first kappa shape index (κ1) is 20.9. The van der Waals surface area contributed by atoms with Crippen LogP contribution in [0.15, 0.2) is 17.7 Å². The van der Waals surface area contributed by atoms with Crippen molar-refractivity contribution in [3.05, 3.63) is 39.5 Å². The number of nitrogens with zero attached hydrogens (tertiary/aromatic N) is 1. The Morgan fingerprint density at radius 2 is 2.03 bits per heavy atom. The summed E-state index contributed by atoms with van der Waals surface area (Å²) in [5, 5.41) is 1.22. The van der Waals surface area contributed by atoms with E-state index in [1.165, 1.54) is 31.7 Å². The number of hydrogen-bond donors (Lipinski definition) is 0. The zero-order valence-electron chi connectivity index (χ0n) is 18.0. The minimum Gasteiger partial charge on any atom is -0.492 e. The lowest BCUT2D eigenvalue weighted by molar-refractivity contribution is -0.140. The number of hydrogen-bond acceptors (Lipinski definition) is 5. The number of ether oxygens (including phenoxy) is 3. The molecule has 0 spiro atoms. The number of carbonyl (C=O) groups excluding carboxylic acids is 1. The topological polar surface area (TPSA) is 48.0 Å². The summed E-state index contributed by atoms with van der Waals surface area (Å²) in [5.74, 6) is 0.308. The quantitative estimate of drug-likeness (QED) is 0.738. The molecule has 3 heterocycles. The van der Waals surface area contributed by atoms with Gasteiger partial charge in [0.1, 0.15) is 11.6 Å². The van der Waals surface area contributed by atoms with E-state index >= 15 is 4.39 Å². The number of rotatable bonds is 4. The van der Waals surface area contributed by atoms with Crippen molar-refractivity contribution in [1.82, 2.24) is 4.90 Å². The van der Waals surface area contributed by atoms with Gasteiger partial charge in [-0.05, 0) is 49.2 Å². The second-order valence-electron chi connectivity index (χ2n) is 8.83. The monoisotopic (exact) mass is 427 g/mol. The van der Waals surface area contributed by atoms with Crippen molar-refractivity contribution in [2.75, 3.05) is 39.5 Å². The van der Waals surface area contributed by atoms with Crippen LogP contribution in [0, 0.1) is 5.82 Å². The highest BCUT2D eigenvalue weighted by molar-refractivity contribution is 5.96. The standard InChI is InChI=1S/C25H30FNO4/c26-22-13-17-6-5-10-30-25(17)20-15-19(28)12-18-14-23(31-16-21(18)24(20)22)29-11-9-27-7-3-1-2-4-8-27/h6,12-13,23H,1-5,7-11,14-16H2/t23-/m0/s1.